The lowest BCUT2D eigenvalue weighted by Crippen LogP contribution is -2.36. The Kier molecular flexibility index (Phi) is 6.09. The maximum Gasteiger partial charge on any atom is 0.265 e. The van der Waals surface area contributed by atoms with Gasteiger partial charge < -0.3 is 10.2 Å². The number of carbonyl (C=O) groups excluding carboxylic acids is 2. The van der Waals surface area contributed by atoms with Crippen LogP contribution < -0.4 is 5.32 Å². The molecule has 1 fully saturated rings. The minimum Gasteiger partial charge on any atom is -0.339 e. The van der Waals surface area contributed by atoms with Crippen LogP contribution in [0.2, 0.25) is 0 Å². The van der Waals surface area contributed by atoms with Crippen molar-refractivity contribution in [1.82, 2.24) is 4.90 Å². The Morgan fingerprint density at radius 2 is 1.88 bits per heavy atom. The van der Waals surface area contributed by atoms with E-state index in [0.29, 0.717) is 16.1 Å². The first-order valence-electron chi connectivity index (χ1n) is 9.39. The van der Waals surface area contributed by atoms with Crippen LogP contribution in [0.25, 0.3) is 0 Å². The molecule has 138 valence electrons. The number of nitrogens with zero attached hydrogens (tertiary/aromatic N) is 1. The lowest BCUT2D eigenvalue weighted by molar-refractivity contribution is 0.0725. The molecule has 0 radical (unpaired) electrons. The minimum absolute atomic E-state index is 0.00892. The molecule has 0 bridgehead atoms. The summed E-state index contributed by atoms with van der Waals surface area (Å²) in [7, 11) is 0. The topological polar surface area (TPSA) is 49.4 Å². The van der Waals surface area contributed by atoms with Gasteiger partial charge in [0.1, 0.15) is 0 Å². The molecule has 0 unspecified atom stereocenters. The van der Waals surface area contributed by atoms with Gasteiger partial charge in [-0.15, -0.1) is 11.3 Å². The van der Waals surface area contributed by atoms with E-state index < -0.39 is 0 Å². The van der Waals surface area contributed by atoms with Crippen LogP contribution in [-0.2, 0) is 6.42 Å². The molecule has 2 aromatic rings. The molecule has 26 heavy (non-hydrogen) atoms. The molecule has 0 atom stereocenters. The summed E-state index contributed by atoms with van der Waals surface area (Å²) in [5.74, 6) is -0.131. The third kappa shape index (κ3) is 4.15. The van der Waals surface area contributed by atoms with Gasteiger partial charge >= 0.3 is 0 Å². The van der Waals surface area contributed by atoms with Gasteiger partial charge in [-0.05, 0) is 56.4 Å². The molecule has 1 aliphatic heterocycles. The fourth-order valence-electron chi connectivity index (χ4n) is 3.38. The zero-order valence-electron chi connectivity index (χ0n) is 15.5. The molecule has 1 saturated heterocycles. The fourth-order valence-corrected chi connectivity index (χ4v) is 4.35. The summed E-state index contributed by atoms with van der Waals surface area (Å²) in [5, 5.41) is 2.95. The summed E-state index contributed by atoms with van der Waals surface area (Å²) >= 11 is 1.52. The molecule has 0 aliphatic carbocycles. The second-order valence-corrected chi connectivity index (χ2v) is 8.05. The van der Waals surface area contributed by atoms with Gasteiger partial charge in [-0.1, -0.05) is 25.5 Å². The molecule has 4 nitrogen and oxygen atoms in total. The summed E-state index contributed by atoms with van der Waals surface area (Å²) < 4.78 is 0. The van der Waals surface area contributed by atoms with Crippen molar-refractivity contribution in [2.24, 2.45) is 0 Å². The number of likely N-dealkylation sites (tertiary alicyclic amines) is 1. The molecule has 2 amide bonds. The zero-order chi connectivity index (χ0) is 18.5. The van der Waals surface area contributed by atoms with Crippen molar-refractivity contribution in [3.8, 4) is 0 Å². The zero-order valence-corrected chi connectivity index (χ0v) is 16.3. The number of nitrogens with one attached hydrogen (secondary N) is 1. The van der Waals surface area contributed by atoms with Crippen molar-refractivity contribution in [3.05, 3.63) is 51.2 Å². The van der Waals surface area contributed by atoms with Gasteiger partial charge in [-0.3, -0.25) is 9.59 Å². The summed E-state index contributed by atoms with van der Waals surface area (Å²) in [6.45, 7) is 5.79. The van der Waals surface area contributed by atoms with Crippen LogP contribution in [0.1, 0.15) is 63.1 Å². The molecule has 1 aliphatic rings. The lowest BCUT2D eigenvalue weighted by Gasteiger charge is -2.27. The molecule has 3 rings (SSSR count). The van der Waals surface area contributed by atoms with E-state index in [4.69, 9.17) is 0 Å². The first kappa shape index (κ1) is 18.6. The van der Waals surface area contributed by atoms with E-state index in [-0.39, 0.29) is 11.8 Å². The fraction of sp³-hybridized carbons (Fsp3) is 0.429. The van der Waals surface area contributed by atoms with Gasteiger partial charge in [-0.2, -0.15) is 0 Å². The summed E-state index contributed by atoms with van der Waals surface area (Å²) in [6, 6.07) is 9.29. The number of para-hydroxylation sites is 1. The predicted octanol–water partition coefficient (Wildman–Crippen LogP) is 4.89. The van der Waals surface area contributed by atoms with E-state index >= 15 is 0 Å². The Hall–Kier alpha value is -2.14. The third-order valence-electron chi connectivity index (χ3n) is 4.81. The van der Waals surface area contributed by atoms with Crippen molar-refractivity contribution in [2.45, 2.75) is 46.0 Å². The number of thiophene rings is 1. The van der Waals surface area contributed by atoms with E-state index in [2.05, 4.69) is 19.2 Å². The first-order chi connectivity index (χ1) is 12.6. The van der Waals surface area contributed by atoms with Gasteiger partial charge in [0, 0.05) is 18.0 Å². The number of piperidine rings is 1. The van der Waals surface area contributed by atoms with Gasteiger partial charge in [0.15, 0.2) is 0 Å². The number of aryl methyl sites for hydroxylation is 2. The van der Waals surface area contributed by atoms with E-state index in [1.165, 1.54) is 28.2 Å². The van der Waals surface area contributed by atoms with Crippen LogP contribution >= 0.6 is 11.3 Å². The highest BCUT2D eigenvalue weighted by Gasteiger charge is 2.22. The van der Waals surface area contributed by atoms with Crippen molar-refractivity contribution in [1.29, 1.82) is 0 Å². The standard InChI is InChI=1S/C21H26N2O2S/c1-3-9-16-14-19(26-15(16)2)20(24)22-18-11-6-5-10-17(18)21(25)23-12-7-4-8-13-23/h5-6,10-11,14H,3-4,7-9,12-13H2,1-2H3,(H,22,24). The molecule has 1 N–H and O–H groups in total. The third-order valence-corrected chi connectivity index (χ3v) is 5.90. The number of amides is 2. The maximum atomic E-state index is 12.9. The molecule has 5 heteroatoms. The van der Waals surface area contributed by atoms with Gasteiger partial charge in [0.25, 0.3) is 11.8 Å². The largest absolute Gasteiger partial charge is 0.339 e. The average Bonchev–Trinajstić information content (AvgIpc) is 3.03. The van der Waals surface area contributed by atoms with E-state index in [9.17, 15) is 9.59 Å². The molecular formula is C21H26N2O2S. The number of rotatable bonds is 5. The Balaban J connectivity index is 1.78. The maximum absolute atomic E-state index is 12.9. The van der Waals surface area contributed by atoms with E-state index in [1.807, 2.05) is 29.2 Å². The number of anilines is 1. The Morgan fingerprint density at radius 1 is 1.15 bits per heavy atom. The van der Waals surface area contributed by atoms with Crippen LogP contribution in [0.3, 0.4) is 0 Å². The molecule has 1 aromatic carbocycles. The van der Waals surface area contributed by atoms with E-state index in [1.54, 1.807) is 6.07 Å². The van der Waals surface area contributed by atoms with Crippen LogP contribution in [0.4, 0.5) is 5.69 Å². The number of hydrogen-bond acceptors (Lipinski definition) is 3. The normalized spacial score (nSPS) is 14.3. The molecule has 2 heterocycles. The Bertz CT molecular complexity index is 791. The predicted molar refractivity (Wildman–Crippen MR) is 107 cm³/mol. The van der Waals surface area contributed by atoms with E-state index in [0.717, 1.165) is 38.8 Å². The average molecular weight is 371 g/mol. The molecule has 0 saturated carbocycles. The van der Waals surface area contributed by atoms with Crippen LogP contribution in [0.15, 0.2) is 30.3 Å². The quantitative estimate of drug-likeness (QED) is 0.815. The van der Waals surface area contributed by atoms with Crippen molar-refractivity contribution in [2.75, 3.05) is 18.4 Å². The van der Waals surface area contributed by atoms with Crippen molar-refractivity contribution in [3.63, 3.8) is 0 Å². The highest BCUT2D eigenvalue weighted by molar-refractivity contribution is 7.14. The Labute approximate surface area is 159 Å². The number of carbonyl (C=O) groups is 2. The highest BCUT2D eigenvalue weighted by Crippen LogP contribution is 2.25. The van der Waals surface area contributed by atoms with Crippen molar-refractivity contribution >= 4 is 28.8 Å². The van der Waals surface area contributed by atoms with Crippen molar-refractivity contribution < 1.29 is 9.59 Å². The lowest BCUT2D eigenvalue weighted by atomic mass is 10.1. The monoisotopic (exact) mass is 370 g/mol. The number of benzene rings is 1. The number of hydrogen-bond donors (Lipinski definition) is 1. The highest BCUT2D eigenvalue weighted by atomic mass is 32.1. The van der Waals surface area contributed by atoms with Gasteiger partial charge in [-0.25, -0.2) is 0 Å². The second-order valence-electron chi connectivity index (χ2n) is 6.79. The van der Waals surface area contributed by atoms with Gasteiger partial charge in [0.2, 0.25) is 0 Å². The summed E-state index contributed by atoms with van der Waals surface area (Å²) in [6.07, 6.45) is 5.33. The van der Waals surface area contributed by atoms with Crippen LogP contribution in [0.5, 0.6) is 0 Å². The van der Waals surface area contributed by atoms with Gasteiger partial charge in [0.05, 0.1) is 16.1 Å². The smallest absolute Gasteiger partial charge is 0.265 e. The molecule has 1 aromatic heterocycles. The van der Waals surface area contributed by atoms with Crippen LogP contribution in [0, 0.1) is 6.92 Å². The molecule has 0 spiro atoms. The summed E-state index contributed by atoms with van der Waals surface area (Å²) in [5.41, 5.74) is 2.40. The molecular weight excluding hydrogens is 344 g/mol. The minimum atomic E-state index is -0.139. The Morgan fingerprint density at radius 3 is 2.62 bits per heavy atom. The van der Waals surface area contributed by atoms with Crippen LogP contribution in [-0.4, -0.2) is 29.8 Å². The SMILES string of the molecule is CCCc1cc(C(=O)Nc2ccccc2C(=O)N2CCCCC2)sc1C. The second kappa shape index (κ2) is 8.49. The summed E-state index contributed by atoms with van der Waals surface area (Å²) in [4.78, 5) is 29.4. The first-order valence-corrected chi connectivity index (χ1v) is 10.2.